The number of nitrogens with one attached hydrogen (secondary N) is 2. The molecule has 0 aromatic heterocycles. The number of halogens is 1. The van der Waals surface area contributed by atoms with Crippen LogP contribution < -0.4 is 10.6 Å². The summed E-state index contributed by atoms with van der Waals surface area (Å²) in [5.41, 5.74) is 3.78. The van der Waals surface area contributed by atoms with Crippen LogP contribution >= 0.6 is 15.9 Å². The van der Waals surface area contributed by atoms with E-state index in [1.54, 1.807) is 12.1 Å². The minimum Gasteiger partial charge on any atom is -0.344 e. The molecule has 0 aliphatic carbocycles. The second-order valence-corrected chi connectivity index (χ2v) is 6.85. The zero-order valence-electron chi connectivity index (χ0n) is 14.0. The molecule has 0 bridgehead atoms. The predicted octanol–water partition coefficient (Wildman–Crippen LogP) is 4.14. The summed E-state index contributed by atoms with van der Waals surface area (Å²) in [7, 11) is 0. The maximum absolute atomic E-state index is 11.9. The largest absolute Gasteiger partial charge is 0.344 e. The van der Waals surface area contributed by atoms with E-state index in [1.807, 2.05) is 37.3 Å². The summed E-state index contributed by atoms with van der Waals surface area (Å²) < 4.78 is 0.954. The summed E-state index contributed by atoms with van der Waals surface area (Å²) >= 11 is 3.40. The summed E-state index contributed by atoms with van der Waals surface area (Å²) in [6, 6.07) is 13.4. The molecule has 4 nitrogen and oxygen atoms in total. The van der Waals surface area contributed by atoms with Crippen LogP contribution in [0.5, 0.6) is 0 Å². The first-order valence-corrected chi connectivity index (χ1v) is 8.60. The van der Waals surface area contributed by atoms with Crippen molar-refractivity contribution in [2.45, 2.75) is 33.2 Å². The number of carbonyl (C=O) groups excluding carboxylic acids is 2. The van der Waals surface area contributed by atoms with Gasteiger partial charge in [-0.2, -0.15) is 0 Å². The molecule has 24 heavy (non-hydrogen) atoms. The van der Waals surface area contributed by atoms with Gasteiger partial charge in [0.25, 0.3) is 0 Å². The minimum absolute atomic E-state index is 0.323. The predicted molar refractivity (Wildman–Crippen MR) is 99.9 cm³/mol. The van der Waals surface area contributed by atoms with Crippen molar-refractivity contribution in [2.24, 2.45) is 0 Å². The Kier molecular flexibility index (Phi) is 6.15. The monoisotopic (exact) mass is 388 g/mol. The van der Waals surface area contributed by atoms with E-state index in [9.17, 15) is 9.59 Å². The molecular formula is C19H21BrN2O2. The van der Waals surface area contributed by atoms with Crippen molar-refractivity contribution in [3.8, 4) is 0 Å². The number of benzene rings is 2. The molecule has 2 aromatic carbocycles. The third kappa shape index (κ3) is 4.93. The number of rotatable bonds is 4. The molecule has 0 fully saturated rings. The topological polar surface area (TPSA) is 58.2 Å². The Morgan fingerprint density at radius 3 is 2.29 bits per heavy atom. The molecule has 0 aliphatic rings. The lowest BCUT2D eigenvalue weighted by Gasteiger charge is -2.09. The highest BCUT2D eigenvalue weighted by molar-refractivity contribution is 9.10. The highest BCUT2D eigenvalue weighted by atomic mass is 79.9. The normalized spacial score (nSPS) is 10.5. The molecule has 2 amide bonds. The standard InChI is InChI=1S/C19H21BrN2O2/c1-12(2)15-6-4-14(5-7-15)11-21-18(23)19(24)22-16-8-9-17(20)13(3)10-16/h4-10,12H,11H2,1-3H3,(H,21,23)(H,22,24). The molecule has 0 unspecified atom stereocenters. The Morgan fingerprint density at radius 1 is 1.04 bits per heavy atom. The Morgan fingerprint density at radius 2 is 1.71 bits per heavy atom. The van der Waals surface area contributed by atoms with Gasteiger partial charge < -0.3 is 10.6 Å². The van der Waals surface area contributed by atoms with Crippen molar-refractivity contribution in [3.63, 3.8) is 0 Å². The molecule has 0 atom stereocenters. The van der Waals surface area contributed by atoms with E-state index in [0.29, 0.717) is 18.2 Å². The van der Waals surface area contributed by atoms with Crippen molar-refractivity contribution < 1.29 is 9.59 Å². The van der Waals surface area contributed by atoms with Gasteiger partial charge >= 0.3 is 11.8 Å². The van der Waals surface area contributed by atoms with Gasteiger partial charge in [-0.3, -0.25) is 9.59 Å². The maximum Gasteiger partial charge on any atom is 0.313 e. The van der Waals surface area contributed by atoms with Crippen LogP contribution in [-0.2, 0) is 16.1 Å². The first kappa shape index (κ1) is 18.2. The average molecular weight is 389 g/mol. The molecule has 2 rings (SSSR count). The van der Waals surface area contributed by atoms with E-state index in [1.165, 1.54) is 5.56 Å². The molecule has 0 saturated heterocycles. The van der Waals surface area contributed by atoms with Crippen molar-refractivity contribution in [2.75, 3.05) is 5.32 Å². The summed E-state index contributed by atoms with van der Waals surface area (Å²) in [4.78, 5) is 23.9. The number of hydrogen-bond acceptors (Lipinski definition) is 2. The second kappa shape index (κ2) is 8.11. The number of amides is 2. The molecule has 0 heterocycles. The van der Waals surface area contributed by atoms with E-state index >= 15 is 0 Å². The summed E-state index contributed by atoms with van der Waals surface area (Å²) in [6.45, 7) is 6.50. The molecule has 0 saturated carbocycles. The molecule has 126 valence electrons. The van der Waals surface area contributed by atoms with Crippen LogP contribution in [-0.4, -0.2) is 11.8 Å². The third-order valence-corrected chi connectivity index (χ3v) is 4.61. The van der Waals surface area contributed by atoms with Gasteiger partial charge in [0.2, 0.25) is 0 Å². The van der Waals surface area contributed by atoms with E-state index in [-0.39, 0.29) is 0 Å². The van der Waals surface area contributed by atoms with E-state index in [2.05, 4.69) is 40.4 Å². The molecule has 2 aromatic rings. The number of carbonyl (C=O) groups is 2. The molecular weight excluding hydrogens is 368 g/mol. The van der Waals surface area contributed by atoms with Gasteiger partial charge in [-0.15, -0.1) is 0 Å². The summed E-state index contributed by atoms with van der Waals surface area (Å²) in [5, 5.41) is 5.23. The van der Waals surface area contributed by atoms with Crippen LogP contribution in [0.3, 0.4) is 0 Å². The Hall–Kier alpha value is -2.14. The highest BCUT2D eigenvalue weighted by Crippen LogP contribution is 2.20. The first-order chi connectivity index (χ1) is 11.4. The van der Waals surface area contributed by atoms with Crippen molar-refractivity contribution in [1.29, 1.82) is 0 Å². The number of aryl methyl sites for hydroxylation is 1. The van der Waals surface area contributed by atoms with Gasteiger partial charge in [0.05, 0.1) is 0 Å². The van der Waals surface area contributed by atoms with Gasteiger partial charge in [0.1, 0.15) is 0 Å². The molecule has 5 heteroatoms. The van der Waals surface area contributed by atoms with E-state index < -0.39 is 11.8 Å². The fraction of sp³-hybridized carbons (Fsp3) is 0.263. The Bertz CT molecular complexity index is 740. The smallest absolute Gasteiger partial charge is 0.313 e. The van der Waals surface area contributed by atoms with Gasteiger partial charge in [-0.05, 0) is 47.7 Å². The zero-order chi connectivity index (χ0) is 17.7. The molecule has 0 aliphatic heterocycles. The molecule has 2 N–H and O–H groups in total. The van der Waals surface area contributed by atoms with Crippen molar-refractivity contribution >= 4 is 33.4 Å². The van der Waals surface area contributed by atoms with Crippen LogP contribution in [0, 0.1) is 6.92 Å². The Labute approximate surface area is 150 Å². The lowest BCUT2D eigenvalue weighted by atomic mass is 10.0. The van der Waals surface area contributed by atoms with Gasteiger partial charge in [0, 0.05) is 16.7 Å². The van der Waals surface area contributed by atoms with Crippen LogP contribution in [0.25, 0.3) is 0 Å². The van der Waals surface area contributed by atoms with Crippen LogP contribution in [0.2, 0.25) is 0 Å². The average Bonchev–Trinajstić information content (AvgIpc) is 2.56. The van der Waals surface area contributed by atoms with Crippen molar-refractivity contribution in [3.05, 3.63) is 63.6 Å². The summed E-state index contributed by atoms with van der Waals surface area (Å²) in [5.74, 6) is -0.854. The molecule has 0 radical (unpaired) electrons. The Balaban J connectivity index is 1.89. The van der Waals surface area contributed by atoms with Gasteiger partial charge in [-0.1, -0.05) is 54.0 Å². The number of anilines is 1. The van der Waals surface area contributed by atoms with Crippen LogP contribution in [0.4, 0.5) is 5.69 Å². The second-order valence-electron chi connectivity index (χ2n) is 6.00. The lowest BCUT2D eigenvalue weighted by molar-refractivity contribution is -0.136. The van der Waals surface area contributed by atoms with E-state index in [0.717, 1.165) is 15.6 Å². The molecule has 0 spiro atoms. The SMILES string of the molecule is Cc1cc(NC(=O)C(=O)NCc2ccc(C(C)C)cc2)ccc1Br. The summed E-state index contributed by atoms with van der Waals surface area (Å²) in [6.07, 6.45) is 0. The van der Waals surface area contributed by atoms with Crippen molar-refractivity contribution in [1.82, 2.24) is 5.32 Å². The highest BCUT2D eigenvalue weighted by Gasteiger charge is 2.13. The first-order valence-electron chi connectivity index (χ1n) is 7.81. The quantitative estimate of drug-likeness (QED) is 0.773. The lowest BCUT2D eigenvalue weighted by Crippen LogP contribution is -2.34. The van der Waals surface area contributed by atoms with Crippen LogP contribution in [0.15, 0.2) is 46.9 Å². The number of hydrogen-bond donors (Lipinski definition) is 2. The zero-order valence-corrected chi connectivity index (χ0v) is 15.6. The van der Waals surface area contributed by atoms with Gasteiger partial charge in [-0.25, -0.2) is 0 Å². The van der Waals surface area contributed by atoms with E-state index in [4.69, 9.17) is 0 Å². The minimum atomic E-state index is -0.671. The van der Waals surface area contributed by atoms with Gasteiger partial charge in [0.15, 0.2) is 0 Å². The third-order valence-electron chi connectivity index (χ3n) is 3.72. The fourth-order valence-electron chi connectivity index (χ4n) is 2.19. The maximum atomic E-state index is 11.9. The van der Waals surface area contributed by atoms with Crippen LogP contribution in [0.1, 0.15) is 36.5 Å². The fourth-order valence-corrected chi connectivity index (χ4v) is 2.44.